The molecule has 0 atom stereocenters. The highest BCUT2D eigenvalue weighted by Gasteiger charge is 1.97. The average molecular weight is 208 g/mol. The van der Waals surface area contributed by atoms with E-state index in [1.165, 1.54) is 25.7 Å². The summed E-state index contributed by atoms with van der Waals surface area (Å²) in [7, 11) is 0. The molecule has 0 saturated carbocycles. The molecule has 0 spiro atoms. The van der Waals surface area contributed by atoms with E-state index < -0.39 is 0 Å². The number of aromatic nitrogens is 2. The fourth-order valence-electron chi connectivity index (χ4n) is 1.45. The van der Waals surface area contributed by atoms with Crippen LogP contribution in [0.2, 0.25) is 0 Å². The molecule has 1 rings (SSSR count). The highest BCUT2D eigenvalue weighted by Crippen LogP contribution is 2.07. The Morgan fingerprint density at radius 3 is 2.73 bits per heavy atom. The molecule has 0 aromatic carbocycles. The Morgan fingerprint density at radius 1 is 1.27 bits per heavy atom. The second-order valence-corrected chi connectivity index (χ2v) is 3.74. The Labute approximate surface area is 91.3 Å². The highest BCUT2D eigenvalue weighted by molar-refractivity contribution is 5.39. The molecule has 1 aromatic heterocycles. The zero-order valence-electron chi connectivity index (χ0n) is 9.58. The van der Waals surface area contributed by atoms with Gasteiger partial charge in [-0.1, -0.05) is 26.2 Å². The number of anilines is 2. The lowest BCUT2D eigenvalue weighted by Gasteiger charge is -2.06. The number of nitrogens with one attached hydrogen (secondary N) is 1. The Morgan fingerprint density at radius 2 is 2.07 bits per heavy atom. The van der Waals surface area contributed by atoms with E-state index in [2.05, 4.69) is 22.2 Å². The van der Waals surface area contributed by atoms with E-state index in [4.69, 9.17) is 5.73 Å². The van der Waals surface area contributed by atoms with Gasteiger partial charge in [0.1, 0.15) is 5.82 Å². The molecular formula is C11H20N4. The topological polar surface area (TPSA) is 63.8 Å². The van der Waals surface area contributed by atoms with Crippen molar-refractivity contribution in [2.75, 3.05) is 17.6 Å². The summed E-state index contributed by atoms with van der Waals surface area (Å²) in [5, 5.41) is 3.25. The molecule has 0 aliphatic carbocycles. The molecule has 4 heteroatoms. The van der Waals surface area contributed by atoms with Gasteiger partial charge in [-0.15, -0.1) is 0 Å². The normalized spacial score (nSPS) is 10.3. The molecule has 1 aromatic rings. The third-order valence-corrected chi connectivity index (χ3v) is 2.21. The predicted molar refractivity (Wildman–Crippen MR) is 63.8 cm³/mol. The maximum Gasteiger partial charge on any atom is 0.222 e. The average Bonchev–Trinajstić information content (AvgIpc) is 2.16. The van der Waals surface area contributed by atoms with Crippen LogP contribution in [-0.2, 0) is 0 Å². The second-order valence-electron chi connectivity index (χ2n) is 3.74. The maximum absolute atomic E-state index is 5.55. The Kier molecular flexibility index (Phi) is 4.87. The number of unbranched alkanes of at least 4 members (excludes halogenated alkanes) is 3. The molecule has 0 amide bonds. The Balaban J connectivity index is 2.31. The van der Waals surface area contributed by atoms with Gasteiger partial charge < -0.3 is 11.1 Å². The zero-order valence-corrected chi connectivity index (χ0v) is 9.58. The smallest absolute Gasteiger partial charge is 0.222 e. The van der Waals surface area contributed by atoms with Crippen LogP contribution in [0.1, 0.15) is 38.3 Å². The SMILES string of the molecule is CCCCCCNc1cc(C)nc(N)n1. The van der Waals surface area contributed by atoms with Crippen molar-refractivity contribution < 1.29 is 0 Å². The summed E-state index contributed by atoms with van der Waals surface area (Å²) in [5.74, 6) is 1.17. The summed E-state index contributed by atoms with van der Waals surface area (Å²) < 4.78 is 0. The zero-order chi connectivity index (χ0) is 11.1. The molecule has 1 heterocycles. The van der Waals surface area contributed by atoms with Crippen LogP contribution >= 0.6 is 0 Å². The summed E-state index contributed by atoms with van der Waals surface area (Å²) in [5.41, 5.74) is 6.45. The van der Waals surface area contributed by atoms with Gasteiger partial charge in [-0.25, -0.2) is 4.98 Å². The number of aryl methyl sites for hydroxylation is 1. The van der Waals surface area contributed by atoms with Crippen LogP contribution in [0.3, 0.4) is 0 Å². The van der Waals surface area contributed by atoms with Gasteiger partial charge in [-0.2, -0.15) is 4.98 Å². The highest BCUT2D eigenvalue weighted by atomic mass is 15.1. The van der Waals surface area contributed by atoms with E-state index >= 15 is 0 Å². The largest absolute Gasteiger partial charge is 0.370 e. The molecule has 0 unspecified atom stereocenters. The first-order valence-electron chi connectivity index (χ1n) is 5.57. The molecule has 3 N–H and O–H groups in total. The van der Waals surface area contributed by atoms with Crippen molar-refractivity contribution in [1.29, 1.82) is 0 Å². The van der Waals surface area contributed by atoms with E-state index in [9.17, 15) is 0 Å². The number of nitrogens with zero attached hydrogens (tertiary/aromatic N) is 2. The van der Waals surface area contributed by atoms with Gasteiger partial charge in [0.25, 0.3) is 0 Å². The van der Waals surface area contributed by atoms with Crippen LogP contribution in [0.4, 0.5) is 11.8 Å². The molecule has 15 heavy (non-hydrogen) atoms. The van der Waals surface area contributed by atoms with E-state index in [0.717, 1.165) is 18.1 Å². The van der Waals surface area contributed by atoms with Crippen molar-refractivity contribution in [1.82, 2.24) is 9.97 Å². The van der Waals surface area contributed by atoms with E-state index in [1.807, 2.05) is 13.0 Å². The lowest BCUT2D eigenvalue weighted by Crippen LogP contribution is -2.06. The minimum atomic E-state index is 0.339. The first-order chi connectivity index (χ1) is 7.22. The molecule has 0 saturated heterocycles. The quantitative estimate of drug-likeness (QED) is 0.704. The Bertz CT molecular complexity index is 278. The lowest BCUT2D eigenvalue weighted by molar-refractivity contribution is 0.684. The minimum absolute atomic E-state index is 0.339. The third-order valence-electron chi connectivity index (χ3n) is 2.21. The minimum Gasteiger partial charge on any atom is -0.370 e. The molecule has 84 valence electrons. The number of rotatable bonds is 6. The molecule has 0 fully saturated rings. The van der Waals surface area contributed by atoms with Gasteiger partial charge in [0, 0.05) is 18.3 Å². The predicted octanol–water partition coefficient (Wildman–Crippen LogP) is 2.36. The lowest BCUT2D eigenvalue weighted by atomic mass is 10.2. The summed E-state index contributed by atoms with van der Waals surface area (Å²) in [6, 6.07) is 1.91. The van der Waals surface area contributed by atoms with Gasteiger partial charge in [-0.05, 0) is 13.3 Å². The van der Waals surface area contributed by atoms with E-state index in [-0.39, 0.29) is 0 Å². The first-order valence-corrected chi connectivity index (χ1v) is 5.57. The van der Waals surface area contributed by atoms with Crippen LogP contribution in [-0.4, -0.2) is 16.5 Å². The van der Waals surface area contributed by atoms with Crippen LogP contribution in [0.25, 0.3) is 0 Å². The molecule has 0 aliphatic rings. The maximum atomic E-state index is 5.55. The van der Waals surface area contributed by atoms with Crippen LogP contribution in [0, 0.1) is 6.92 Å². The second kappa shape index (κ2) is 6.22. The van der Waals surface area contributed by atoms with Crippen LogP contribution < -0.4 is 11.1 Å². The first kappa shape index (κ1) is 11.8. The van der Waals surface area contributed by atoms with Gasteiger partial charge in [-0.3, -0.25) is 0 Å². The van der Waals surface area contributed by atoms with Gasteiger partial charge in [0.15, 0.2) is 0 Å². The van der Waals surface area contributed by atoms with Crippen LogP contribution in [0.5, 0.6) is 0 Å². The Hall–Kier alpha value is -1.32. The van der Waals surface area contributed by atoms with Crippen molar-refractivity contribution in [2.45, 2.75) is 39.5 Å². The monoisotopic (exact) mass is 208 g/mol. The fraction of sp³-hybridized carbons (Fsp3) is 0.636. The molecule has 0 aliphatic heterocycles. The molecule has 0 bridgehead atoms. The third kappa shape index (κ3) is 4.63. The summed E-state index contributed by atoms with van der Waals surface area (Å²) in [6.45, 7) is 5.08. The number of nitrogens with two attached hydrogens (primary N) is 1. The van der Waals surface area contributed by atoms with Crippen molar-refractivity contribution in [3.63, 3.8) is 0 Å². The summed E-state index contributed by atoms with van der Waals surface area (Å²) in [4.78, 5) is 8.13. The van der Waals surface area contributed by atoms with Gasteiger partial charge in [0.05, 0.1) is 0 Å². The standard InChI is InChI=1S/C11H20N4/c1-3-4-5-6-7-13-10-8-9(2)14-11(12)15-10/h8H,3-7H2,1-2H3,(H3,12,13,14,15). The number of nitrogen functional groups attached to an aromatic ring is 1. The molecular weight excluding hydrogens is 188 g/mol. The van der Waals surface area contributed by atoms with E-state index in [0.29, 0.717) is 5.95 Å². The summed E-state index contributed by atoms with van der Waals surface area (Å²) >= 11 is 0. The van der Waals surface area contributed by atoms with E-state index in [1.54, 1.807) is 0 Å². The number of hydrogen-bond donors (Lipinski definition) is 2. The van der Waals surface area contributed by atoms with Gasteiger partial charge in [0.2, 0.25) is 5.95 Å². The van der Waals surface area contributed by atoms with Gasteiger partial charge >= 0.3 is 0 Å². The molecule has 0 radical (unpaired) electrons. The van der Waals surface area contributed by atoms with Crippen molar-refractivity contribution in [3.05, 3.63) is 11.8 Å². The number of hydrogen-bond acceptors (Lipinski definition) is 4. The van der Waals surface area contributed by atoms with Crippen molar-refractivity contribution in [3.8, 4) is 0 Å². The fourth-order valence-corrected chi connectivity index (χ4v) is 1.45. The van der Waals surface area contributed by atoms with Crippen molar-refractivity contribution in [2.24, 2.45) is 0 Å². The van der Waals surface area contributed by atoms with Crippen molar-refractivity contribution >= 4 is 11.8 Å². The summed E-state index contributed by atoms with van der Waals surface area (Å²) in [6.07, 6.45) is 5.01. The van der Waals surface area contributed by atoms with Crippen LogP contribution in [0.15, 0.2) is 6.07 Å². The molecule has 4 nitrogen and oxygen atoms in total.